The second-order valence-corrected chi connectivity index (χ2v) is 5.39. The molecule has 0 spiro atoms. The molecular formula is C18H20O2S. The van der Waals surface area contributed by atoms with Crippen LogP contribution >= 0.6 is 12.2 Å². The van der Waals surface area contributed by atoms with Gasteiger partial charge in [-0.3, -0.25) is 0 Å². The third-order valence-corrected chi connectivity index (χ3v) is 4.42. The summed E-state index contributed by atoms with van der Waals surface area (Å²) in [6, 6.07) is 19.9. The van der Waals surface area contributed by atoms with Gasteiger partial charge in [0.15, 0.2) is 5.05 Å². The fraction of sp³-hybridized carbons (Fsp3) is 0.278. The van der Waals surface area contributed by atoms with Crippen molar-refractivity contribution in [1.82, 2.24) is 0 Å². The Hall–Kier alpha value is -1.71. The van der Waals surface area contributed by atoms with Crippen molar-refractivity contribution in [2.45, 2.75) is 24.9 Å². The Balaban J connectivity index is 2.65. The van der Waals surface area contributed by atoms with Gasteiger partial charge in [-0.1, -0.05) is 67.6 Å². The first-order chi connectivity index (χ1) is 10.2. The average Bonchev–Trinajstić information content (AvgIpc) is 2.57. The fourth-order valence-electron chi connectivity index (χ4n) is 2.87. The molecule has 0 aliphatic rings. The molecular weight excluding hydrogens is 280 g/mol. The molecule has 2 aromatic rings. The molecule has 110 valence electrons. The molecule has 0 radical (unpaired) electrons. The van der Waals surface area contributed by atoms with Gasteiger partial charge in [-0.05, 0) is 29.8 Å². The van der Waals surface area contributed by atoms with Crippen molar-refractivity contribution in [3.8, 4) is 0 Å². The Morgan fingerprint density at radius 2 is 1.48 bits per heavy atom. The second kappa shape index (κ2) is 6.83. The van der Waals surface area contributed by atoms with Gasteiger partial charge in [-0.25, -0.2) is 0 Å². The van der Waals surface area contributed by atoms with Gasteiger partial charge in [0.25, 0.3) is 0 Å². The van der Waals surface area contributed by atoms with E-state index in [2.05, 4.69) is 6.92 Å². The summed E-state index contributed by atoms with van der Waals surface area (Å²) in [7, 11) is 1.50. The van der Waals surface area contributed by atoms with Crippen molar-refractivity contribution in [3.63, 3.8) is 0 Å². The van der Waals surface area contributed by atoms with E-state index in [0.29, 0.717) is 6.42 Å². The highest BCUT2D eigenvalue weighted by atomic mass is 32.1. The topological polar surface area (TPSA) is 29.5 Å². The quantitative estimate of drug-likeness (QED) is 0.854. The van der Waals surface area contributed by atoms with E-state index in [9.17, 15) is 5.11 Å². The Morgan fingerprint density at radius 1 is 1.05 bits per heavy atom. The minimum Gasteiger partial charge on any atom is -0.488 e. The molecule has 0 saturated heterocycles. The number of rotatable bonds is 5. The molecule has 0 saturated carbocycles. The highest BCUT2D eigenvalue weighted by Gasteiger charge is 2.42. The number of benzene rings is 2. The van der Waals surface area contributed by atoms with Gasteiger partial charge < -0.3 is 9.84 Å². The third kappa shape index (κ3) is 2.85. The van der Waals surface area contributed by atoms with Crippen LogP contribution < -0.4 is 0 Å². The maximum absolute atomic E-state index is 10.9. The van der Waals surface area contributed by atoms with Gasteiger partial charge in [-0.15, -0.1) is 0 Å². The van der Waals surface area contributed by atoms with E-state index in [4.69, 9.17) is 17.0 Å². The summed E-state index contributed by atoms with van der Waals surface area (Å²) >= 11 is 5.22. The van der Waals surface area contributed by atoms with Crippen LogP contribution in [0.3, 0.4) is 0 Å². The zero-order chi connectivity index (χ0) is 15.3. The van der Waals surface area contributed by atoms with Crippen LogP contribution in [0.2, 0.25) is 0 Å². The lowest BCUT2D eigenvalue weighted by molar-refractivity contribution is 0.138. The van der Waals surface area contributed by atoms with Gasteiger partial charge in [0.2, 0.25) is 0 Å². The summed E-state index contributed by atoms with van der Waals surface area (Å²) in [4.78, 5) is 0. The molecule has 2 rings (SSSR count). The second-order valence-electron chi connectivity index (χ2n) is 4.98. The van der Waals surface area contributed by atoms with E-state index in [1.54, 1.807) is 0 Å². The SMILES string of the molecule is CCC(c1ccccc1)(c1ccccc1)C(O)C(=S)OC. The highest BCUT2D eigenvalue weighted by Crippen LogP contribution is 2.39. The monoisotopic (exact) mass is 300 g/mol. The van der Waals surface area contributed by atoms with Crippen molar-refractivity contribution >= 4 is 17.3 Å². The molecule has 1 atom stereocenters. The predicted molar refractivity (Wildman–Crippen MR) is 89.6 cm³/mol. The summed E-state index contributed by atoms with van der Waals surface area (Å²) in [5.41, 5.74) is 1.46. The van der Waals surface area contributed by atoms with Crippen molar-refractivity contribution in [1.29, 1.82) is 0 Å². The van der Waals surface area contributed by atoms with Crippen LogP contribution in [0, 0.1) is 0 Å². The molecule has 2 aromatic carbocycles. The van der Waals surface area contributed by atoms with E-state index in [1.807, 2.05) is 60.7 Å². The number of thiocarbonyl (C=S) groups is 1. The minimum atomic E-state index is -0.882. The number of aliphatic hydroxyl groups is 1. The molecule has 0 aliphatic carbocycles. The van der Waals surface area contributed by atoms with Gasteiger partial charge in [0.1, 0.15) is 6.10 Å². The van der Waals surface area contributed by atoms with Gasteiger partial charge in [0, 0.05) is 0 Å². The summed E-state index contributed by atoms with van der Waals surface area (Å²) in [6.07, 6.45) is -0.168. The van der Waals surface area contributed by atoms with Gasteiger partial charge >= 0.3 is 0 Å². The lowest BCUT2D eigenvalue weighted by atomic mass is 9.68. The van der Waals surface area contributed by atoms with E-state index < -0.39 is 11.5 Å². The van der Waals surface area contributed by atoms with Crippen LogP contribution in [0.15, 0.2) is 60.7 Å². The molecule has 1 unspecified atom stereocenters. The van der Waals surface area contributed by atoms with E-state index in [-0.39, 0.29) is 5.05 Å². The maximum atomic E-state index is 10.9. The Kier molecular flexibility index (Phi) is 5.10. The Morgan fingerprint density at radius 3 is 1.81 bits per heavy atom. The van der Waals surface area contributed by atoms with Crippen LogP contribution in [0.5, 0.6) is 0 Å². The Bertz CT molecular complexity index is 541. The molecule has 0 bridgehead atoms. The first-order valence-corrected chi connectivity index (χ1v) is 7.44. The van der Waals surface area contributed by atoms with Crippen molar-refractivity contribution in [2.75, 3.05) is 7.11 Å². The highest BCUT2D eigenvalue weighted by molar-refractivity contribution is 7.80. The Labute approximate surface area is 131 Å². The number of aliphatic hydroxyl groups excluding tert-OH is 1. The number of hydrogen-bond donors (Lipinski definition) is 1. The van der Waals surface area contributed by atoms with Crippen molar-refractivity contribution in [2.24, 2.45) is 0 Å². The van der Waals surface area contributed by atoms with Crippen LogP contribution in [0.1, 0.15) is 24.5 Å². The van der Waals surface area contributed by atoms with Crippen LogP contribution in [0.4, 0.5) is 0 Å². The summed E-state index contributed by atoms with van der Waals surface area (Å²) in [6.45, 7) is 2.06. The lowest BCUT2D eigenvalue weighted by Crippen LogP contribution is -2.45. The zero-order valence-corrected chi connectivity index (χ0v) is 13.1. The van der Waals surface area contributed by atoms with E-state index in [0.717, 1.165) is 11.1 Å². The normalized spacial score (nSPS) is 12.7. The number of ether oxygens (including phenoxy) is 1. The fourth-order valence-corrected chi connectivity index (χ4v) is 3.07. The molecule has 1 N–H and O–H groups in total. The van der Waals surface area contributed by atoms with Crippen molar-refractivity contribution < 1.29 is 9.84 Å². The molecule has 0 aliphatic heterocycles. The average molecular weight is 300 g/mol. The summed E-state index contributed by atoms with van der Waals surface area (Å²) in [5, 5.41) is 11.1. The molecule has 2 nitrogen and oxygen atoms in total. The summed E-state index contributed by atoms with van der Waals surface area (Å²) in [5.74, 6) is 0. The molecule has 0 aromatic heterocycles. The van der Waals surface area contributed by atoms with E-state index >= 15 is 0 Å². The molecule has 0 fully saturated rings. The molecule has 0 amide bonds. The lowest BCUT2D eigenvalue weighted by Gasteiger charge is -2.38. The molecule has 0 heterocycles. The minimum absolute atomic E-state index is 0.213. The first-order valence-electron chi connectivity index (χ1n) is 7.03. The van der Waals surface area contributed by atoms with E-state index in [1.165, 1.54) is 7.11 Å². The standard InChI is InChI=1S/C18H20O2S/c1-3-18(16(19)17(21)20-2,14-10-6-4-7-11-14)15-12-8-5-9-13-15/h4-13,16,19H,3H2,1-2H3. The smallest absolute Gasteiger partial charge is 0.189 e. The zero-order valence-electron chi connectivity index (χ0n) is 12.3. The van der Waals surface area contributed by atoms with Crippen LogP contribution in [0.25, 0.3) is 0 Å². The van der Waals surface area contributed by atoms with Gasteiger partial charge in [-0.2, -0.15) is 0 Å². The van der Waals surface area contributed by atoms with Crippen molar-refractivity contribution in [3.05, 3.63) is 71.8 Å². The number of methoxy groups -OCH3 is 1. The van der Waals surface area contributed by atoms with Crippen LogP contribution in [-0.4, -0.2) is 23.4 Å². The third-order valence-electron chi connectivity index (χ3n) is 4.03. The first kappa shape index (κ1) is 15.7. The molecule has 21 heavy (non-hydrogen) atoms. The predicted octanol–water partition coefficient (Wildman–Crippen LogP) is 3.72. The summed E-state index contributed by atoms with van der Waals surface area (Å²) < 4.78 is 5.14. The maximum Gasteiger partial charge on any atom is 0.189 e. The largest absolute Gasteiger partial charge is 0.488 e. The van der Waals surface area contributed by atoms with Crippen LogP contribution in [-0.2, 0) is 10.2 Å². The van der Waals surface area contributed by atoms with Gasteiger partial charge in [0.05, 0.1) is 12.5 Å². The molecule has 3 heteroatoms. The number of hydrogen-bond acceptors (Lipinski definition) is 3.